The summed E-state index contributed by atoms with van der Waals surface area (Å²) >= 11 is 0. The minimum atomic E-state index is 0.0780. The highest BCUT2D eigenvalue weighted by atomic mass is 16.2. The summed E-state index contributed by atoms with van der Waals surface area (Å²) in [5, 5.41) is 11.6. The second-order valence-corrected chi connectivity index (χ2v) is 5.61. The van der Waals surface area contributed by atoms with E-state index in [9.17, 15) is 4.79 Å². The zero-order chi connectivity index (χ0) is 15.5. The second kappa shape index (κ2) is 10.4. The molecule has 0 aromatic heterocycles. The van der Waals surface area contributed by atoms with Crippen LogP contribution in [-0.4, -0.2) is 42.7 Å². The van der Waals surface area contributed by atoms with Crippen LogP contribution in [0, 0.1) is 6.92 Å². The van der Waals surface area contributed by atoms with Crippen LogP contribution >= 0.6 is 0 Å². The SMILES string of the molecule is Cc1cccc(NC(=O)CCCN(C)CCCCCO)c1. The lowest BCUT2D eigenvalue weighted by Crippen LogP contribution is -2.22. The largest absolute Gasteiger partial charge is 0.396 e. The van der Waals surface area contributed by atoms with Gasteiger partial charge in [0.25, 0.3) is 0 Å². The molecule has 0 fully saturated rings. The fraction of sp³-hybridized carbons (Fsp3) is 0.588. The van der Waals surface area contributed by atoms with Crippen molar-refractivity contribution in [2.75, 3.05) is 32.1 Å². The molecule has 1 aromatic carbocycles. The Morgan fingerprint density at radius 2 is 1.95 bits per heavy atom. The number of anilines is 1. The van der Waals surface area contributed by atoms with Crippen LogP contribution in [0.3, 0.4) is 0 Å². The van der Waals surface area contributed by atoms with Crippen molar-refractivity contribution in [1.29, 1.82) is 0 Å². The van der Waals surface area contributed by atoms with Crippen molar-refractivity contribution in [1.82, 2.24) is 4.90 Å². The van der Waals surface area contributed by atoms with E-state index in [2.05, 4.69) is 17.3 Å². The molecule has 0 spiro atoms. The van der Waals surface area contributed by atoms with Gasteiger partial charge in [0.15, 0.2) is 0 Å². The van der Waals surface area contributed by atoms with E-state index in [1.54, 1.807) is 0 Å². The number of hydrogen-bond donors (Lipinski definition) is 2. The van der Waals surface area contributed by atoms with Crippen LogP contribution in [0.2, 0.25) is 0 Å². The zero-order valence-corrected chi connectivity index (χ0v) is 13.3. The molecule has 118 valence electrons. The first kappa shape index (κ1) is 17.7. The lowest BCUT2D eigenvalue weighted by atomic mass is 10.2. The van der Waals surface area contributed by atoms with Crippen LogP contribution in [-0.2, 0) is 4.79 Å². The molecule has 4 heteroatoms. The summed E-state index contributed by atoms with van der Waals surface area (Å²) in [5.74, 6) is 0.0780. The number of aliphatic hydroxyl groups excluding tert-OH is 1. The lowest BCUT2D eigenvalue weighted by molar-refractivity contribution is -0.116. The summed E-state index contributed by atoms with van der Waals surface area (Å²) in [6.07, 6.45) is 4.47. The molecule has 4 nitrogen and oxygen atoms in total. The summed E-state index contributed by atoms with van der Waals surface area (Å²) in [6, 6.07) is 7.86. The Hall–Kier alpha value is -1.39. The molecule has 2 N–H and O–H groups in total. The van der Waals surface area contributed by atoms with Gasteiger partial charge >= 0.3 is 0 Å². The highest BCUT2D eigenvalue weighted by Crippen LogP contribution is 2.10. The van der Waals surface area contributed by atoms with Gasteiger partial charge < -0.3 is 15.3 Å². The van der Waals surface area contributed by atoms with Crippen LogP contribution in [0.1, 0.15) is 37.7 Å². The number of aliphatic hydroxyl groups is 1. The van der Waals surface area contributed by atoms with E-state index in [4.69, 9.17) is 5.11 Å². The molecule has 0 atom stereocenters. The number of amides is 1. The van der Waals surface area contributed by atoms with Crippen LogP contribution < -0.4 is 5.32 Å². The molecule has 1 aromatic rings. The highest BCUT2D eigenvalue weighted by molar-refractivity contribution is 5.90. The fourth-order valence-electron chi connectivity index (χ4n) is 2.24. The lowest BCUT2D eigenvalue weighted by Gasteiger charge is -2.16. The summed E-state index contributed by atoms with van der Waals surface area (Å²) in [6.45, 7) is 4.25. The minimum Gasteiger partial charge on any atom is -0.396 e. The first-order valence-electron chi connectivity index (χ1n) is 7.77. The van der Waals surface area contributed by atoms with Gasteiger partial charge in [-0.05, 0) is 70.4 Å². The topological polar surface area (TPSA) is 52.6 Å². The van der Waals surface area contributed by atoms with Gasteiger partial charge in [0.05, 0.1) is 0 Å². The maximum atomic E-state index is 11.8. The number of hydrogen-bond acceptors (Lipinski definition) is 3. The van der Waals surface area contributed by atoms with E-state index in [0.717, 1.165) is 50.0 Å². The van der Waals surface area contributed by atoms with Gasteiger partial charge in [-0.3, -0.25) is 4.79 Å². The Morgan fingerprint density at radius 1 is 1.19 bits per heavy atom. The third kappa shape index (κ3) is 8.48. The molecular weight excluding hydrogens is 264 g/mol. The average molecular weight is 292 g/mol. The minimum absolute atomic E-state index is 0.0780. The van der Waals surface area contributed by atoms with Gasteiger partial charge in [0.1, 0.15) is 0 Å². The first-order valence-corrected chi connectivity index (χ1v) is 7.77. The van der Waals surface area contributed by atoms with E-state index >= 15 is 0 Å². The van der Waals surface area contributed by atoms with Crippen molar-refractivity contribution in [2.45, 2.75) is 39.0 Å². The molecule has 0 radical (unpaired) electrons. The summed E-state index contributed by atoms with van der Waals surface area (Å²) in [4.78, 5) is 14.1. The van der Waals surface area contributed by atoms with Gasteiger partial charge in [-0.1, -0.05) is 12.1 Å². The summed E-state index contributed by atoms with van der Waals surface area (Å²) in [5.41, 5.74) is 2.02. The molecule has 0 bridgehead atoms. The molecule has 0 aliphatic heterocycles. The quantitative estimate of drug-likeness (QED) is 0.652. The van der Waals surface area contributed by atoms with E-state index in [-0.39, 0.29) is 12.5 Å². The van der Waals surface area contributed by atoms with Gasteiger partial charge in [0, 0.05) is 18.7 Å². The predicted molar refractivity (Wildman–Crippen MR) is 87.5 cm³/mol. The van der Waals surface area contributed by atoms with E-state index in [0.29, 0.717) is 6.42 Å². The molecule has 1 amide bonds. The molecule has 0 aliphatic rings. The maximum Gasteiger partial charge on any atom is 0.224 e. The zero-order valence-electron chi connectivity index (χ0n) is 13.3. The van der Waals surface area contributed by atoms with Crippen LogP contribution in [0.4, 0.5) is 5.69 Å². The number of aryl methyl sites for hydroxylation is 1. The number of carbonyl (C=O) groups excluding carboxylic acids is 1. The van der Waals surface area contributed by atoms with Crippen LogP contribution in [0.25, 0.3) is 0 Å². The number of rotatable bonds is 10. The Morgan fingerprint density at radius 3 is 2.67 bits per heavy atom. The molecule has 0 saturated heterocycles. The van der Waals surface area contributed by atoms with Crippen molar-refractivity contribution < 1.29 is 9.90 Å². The fourth-order valence-corrected chi connectivity index (χ4v) is 2.24. The number of carbonyl (C=O) groups is 1. The van der Waals surface area contributed by atoms with Crippen molar-refractivity contribution in [3.63, 3.8) is 0 Å². The maximum absolute atomic E-state index is 11.8. The second-order valence-electron chi connectivity index (χ2n) is 5.61. The number of benzene rings is 1. The van der Waals surface area contributed by atoms with Gasteiger partial charge in [-0.25, -0.2) is 0 Å². The molecule has 21 heavy (non-hydrogen) atoms. The number of unbranched alkanes of at least 4 members (excludes halogenated alkanes) is 2. The number of nitrogens with zero attached hydrogens (tertiary/aromatic N) is 1. The first-order chi connectivity index (χ1) is 10.1. The van der Waals surface area contributed by atoms with E-state index in [1.807, 2.05) is 31.2 Å². The molecule has 0 saturated carbocycles. The van der Waals surface area contributed by atoms with Crippen LogP contribution in [0.15, 0.2) is 24.3 Å². The smallest absolute Gasteiger partial charge is 0.224 e. The molecule has 0 heterocycles. The molecule has 0 aliphatic carbocycles. The number of nitrogens with one attached hydrogen (secondary N) is 1. The van der Waals surface area contributed by atoms with Gasteiger partial charge in [0.2, 0.25) is 5.91 Å². The highest BCUT2D eigenvalue weighted by Gasteiger charge is 2.04. The molecular formula is C17H28N2O2. The standard InChI is InChI=1S/C17H28N2O2/c1-15-8-6-9-16(14-15)18-17(21)10-7-12-19(2)11-4-3-5-13-20/h6,8-9,14,20H,3-5,7,10-13H2,1-2H3,(H,18,21). The van der Waals surface area contributed by atoms with Crippen molar-refractivity contribution in [3.05, 3.63) is 29.8 Å². The Kier molecular flexibility index (Phi) is 8.71. The Bertz CT molecular complexity index is 421. The third-order valence-corrected chi connectivity index (χ3v) is 3.44. The van der Waals surface area contributed by atoms with E-state index < -0.39 is 0 Å². The normalized spacial score (nSPS) is 10.9. The summed E-state index contributed by atoms with van der Waals surface area (Å²) in [7, 11) is 2.08. The predicted octanol–water partition coefficient (Wildman–Crippen LogP) is 2.81. The summed E-state index contributed by atoms with van der Waals surface area (Å²) < 4.78 is 0. The van der Waals surface area contributed by atoms with Gasteiger partial charge in [-0.15, -0.1) is 0 Å². The van der Waals surface area contributed by atoms with Crippen molar-refractivity contribution in [3.8, 4) is 0 Å². The van der Waals surface area contributed by atoms with Gasteiger partial charge in [-0.2, -0.15) is 0 Å². The Labute approximate surface area is 128 Å². The molecule has 0 unspecified atom stereocenters. The van der Waals surface area contributed by atoms with E-state index in [1.165, 1.54) is 0 Å². The average Bonchev–Trinajstić information content (AvgIpc) is 2.43. The Balaban J connectivity index is 2.13. The van der Waals surface area contributed by atoms with Crippen LogP contribution in [0.5, 0.6) is 0 Å². The van der Waals surface area contributed by atoms with Crippen molar-refractivity contribution in [2.24, 2.45) is 0 Å². The monoisotopic (exact) mass is 292 g/mol. The molecule has 1 rings (SSSR count). The van der Waals surface area contributed by atoms with Crippen molar-refractivity contribution >= 4 is 11.6 Å². The third-order valence-electron chi connectivity index (χ3n) is 3.44.